The summed E-state index contributed by atoms with van der Waals surface area (Å²) in [5, 5.41) is 0. The number of hydrogen-bond acceptors (Lipinski definition) is 3. The van der Waals surface area contributed by atoms with Gasteiger partial charge >= 0.3 is 6.18 Å². The van der Waals surface area contributed by atoms with Crippen LogP contribution < -0.4 is 11.3 Å². The van der Waals surface area contributed by atoms with Gasteiger partial charge in [0, 0.05) is 12.5 Å². The Morgan fingerprint density at radius 1 is 1.26 bits per heavy atom. The first-order valence-corrected chi connectivity index (χ1v) is 6.23. The highest BCUT2D eigenvalue weighted by Gasteiger charge is 2.31. The summed E-state index contributed by atoms with van der Waals surface area (Å²) in [5.41, 5.74) is 2.79. The van der Waals surface area contributed by atoms with Crippen molar-refractivity contribution in [2.24, 2.45) is 11.8 Å². The first-order chi connectivity index (χ1) is 9.02. The summed E-state index contributed by atoms with van der Waals surface area (Å²) in [7, 11) is 0. The Labute approximate surface area is 109 Å². The zero-order chi connectivity index (χ0) is 13.9. The standard InChI is InChI=1S/C13H17F3N2O/c14-13(15,16)11-5-3-9(4-6-11)12(18-17)10-2-1-7-19-8-10/h3-6,10,12,18H,1-2,7-8,17H2. The fourth-order valence-corrected chi connectivity index (χ4v) is 2.41. The van der Waals surface area contributed by atoms with Crippen LogP contribution in [0.2, 0.25) is 0 Å². The lowest BCUT2D eigenvalue weighted by molar-refractivity contribution is -0.137. The summed E-state index contributed by atoms with van der Waals surface area (Å²) < 4.78 is 42.9. The molecule has 1 aromatic rings. The minimum atomic E-state index is -4.31. The Balaban J connectivity index is 2.14. The van der Waals surface area contributed by atoms with Crippen LogP contribution in [-0.4, -0.2) is 13.2 Å². The van der Waals surface area contributed by atoms with Gasteiger partial charge in [-0.25, -0.2) is 0 Å². The van der Waals surface area contributed by atoms with Crippen molar-refractivity contribution < 1.29 is 17.9 Å². The lowest BCUT2D eigenvalue weighted by atomic mass is 9.89. The van der Waals surface area contributed by atoms with Crippen LogP contribution in [0, 0.1) is 5.92 Å². The SMILES string of the molecule is NNC(c1ccc(C(F)(F)F)cc1)C1CCCOC1. The van der Waals surface area contributed by atoms with Crippen molar-refractivity contribution in [3.8, 4) is 0 Å². The lowest BCUT2D eigenvalue weighted by Crippen LogP contribution is -2.37. The molecule has 106 valence electrons. The molecule has 0 saturated carbocycles. The molecule has 0 spiro atoms. The van der Waals surface area contributed by atoms with E-state index in [0.717, 1.165) is 37.1 Å². The maximum atomic E-state index is 12.5. The Kier molecular flexibility index (Phi) is 4.44. The van der Waals surface area contributed by atoms with Gasteiger partial charge in [0.05, 0.1) is 18.2 Å². The van der Waals surface area contributed by atoms with Gasteiger partial charge in [0.2, 0.25) is 0 Å². The second-order valence-electron chi connectivity index (χ2n) is 4.74. The van der Waals surface area contributed by atoms with Crippen molar-refractivity contribution in [3.63, 3.8) is 0 Å². The molecule has 2 rings (SSSR count). The second kappa shape index (κ2) is 5.90. The monoisotopic (exact) mass is 274 g/mol. The molecule has 1 aliphatic heterocycles. The maximum Gasteiger partial charge on any atom is 0.416 e. The molecule has 19 heavy (non-hydrogen) atoms. The third-order valence-electron chi connectivity index (χ3n) is 3.44. The van der Waals surface area contributed by atoms with Crippen LogP contribution in [0.15, 0.2) is 24.3 Å². The van der Waals surface area contributed by atoms with E-state index >= 15 is 0 Å². The predicted octanol–water partition coefficient (Wildman–Crippen LogP) is 2.64. The van der Waals surface area contributed by atoms with Crippen molar-refractivity contribution in [3.05, 3.63) is 35.4 Å². The fourth-order valence-electron chi connectivity index (χ4n) is 2.41. The van der Waals surface area contributed by atoms with Crippen LogP contribution in [0.25, 0.3) is 0 Å². The van der Waals surface area contributed by atoms with Crippen LogP contribution in [0.5, 0.6) is 0 Å². The number of alkyl halides is 3. The average molecular weight is 274 g/mol. The van der Waals surface area contributed by atoms with Crippen molar-refractivity contribution in [1.82, 2.24) is 5.43 Å². The molecule has 1 fully saturated rings. The Bertz CT molecular complexity index is 399. The number of nitrogens with one attached hydrogen (secondary N) is 1. The van der Waals surface area contributed by atoms with E-state index in [4.69, 9.17) is 10.6 Å². The van der Waals surface area contributed by atoms with E-state index in [-0.39, 0.29) is 12.0 Å². The minimum Gasteiger partial charge on any atom is -0.381 e. The fraction of sp³-hybridized carbons (Fsp3) is 0.538. The molecule has 0 aliphatic carbocycles. The molecular formula is C13H17F3N2O. The molecule has 3 N–H and O–H groups in total. The van der Waals surface area contributed by atoms with Gasteiger partial charge in [-0.3, -0.25) is 11.3 Å². The van der Waals surface area contributed by atoms with E-state index in [0.29, 0.717) is 6.61 Å². The molecule has 3 nitrogen and oxygen atoms in total. The molecule has 1 heterocycles. The van der Waals surface area contributed by atoms with Crippen molar-refractivity contribution in [2.45, 2.75) is 25.1 Å². The topological polar surface area (TPSA) is 47.3 Å². The molecular weight excluding hydrogens is 257 g/mol. The van der Waals surface area contributed by atoms with Gasteiger partial charge in [-0.05, 0) is 30.5 Å². The van der Waals surface area contributed by atoms with Gasteiger partial charge in [0.25, 0.3) is 0 Å². The molecule has 0 aromatic heterocycles. The molecule has 1 aliphatic rings. The number of halogens is 3. The van der Waals surface area contributed by atoms with Gasteiger partial charge in [-0.1, -0.05) is 12.1 Å². The van der Waals surface area contributed by atoms with Crippen LogP contribution in [-0.2, 0) is 10.9 Å². The van der Waals surface area contributed by atoms with Crippen LogP contribution in [0.3, 0.4) is 0 Å². The molecule has 1 aromatic carbocycles. The Morgan fingerprint density at radius 3 is 2.42 bits per heavy atom. The van der Waals surface area contributed by atoms with Crippen molar-refractivity contribution in [2.75, 3.05) is 13.2 Å². The number of nitrogens with two attached hydrogens (primary N) is 1. The van der Waals surface area contributed by atoms with Crippen LogP contribution in [0.4, 0.5) is 13.2 Å². The van der Waals surface area contributed by atoms with Gasteiger partial charge in [-0.15, -0.1) is 0 Å². The summed E-state index contributed by atoms with van der Waals surface area (Å²) in [6.07, 6.45) is -2.41. The number of rotatable bonds is 3. The molecule has 0 radical (unpaired) electrons. The van der Waals surface area contributed by atoms with Gasteiger partial charge in [-0.2, -0.15) is 13.2 Å². The molecule has 2 unspecified atom stereocenters. The Hall–Kier alpha value is -1.11. The van der Waals surface area contributed by atoms with Crippen LogP contribution >= 0.6 is 0 Å². The number of benzene rings is 1. The highest BCUT2D eigenvalue weighted by atomic mass is 19.4. The second-order valence-corrected chi connectivity index (χ2v) is 4.74. The third kappa shape index (κ3) is 3.46. The van der Waals surface area contributed by atoms with E-state index in [2.05, 4.69) is 5.43 Å². The molecule has 2 atom stereocenters. The van der Waals surface area contributed by atoms with Crippen molar-refractivity contribution in [1.29, 1.82) is 0 Å². The number of hydrogen-bond donors (Lipinski definition) is 2. The predicted molar refractivity (Wildman–Crippen MR) is 65.1 cm³/mol. The third-order valence-corrected chi connectivity index (χ3v) is 3.44. The molecule has 0 bridgehead atoms. The van der Waals surface area contributed by atoms with E-state index in [9.17, 15) is 13.2 Å². The summed E-state index contributed by atoms with van der Waals surface area (Å²) in [6, 6.07) is 4.94. The zero-order valence-electron chi connectivity index (χ0n) is 10.4. The summed E-state index contributed by atoms with van der Waals surface area (Å²) in [4.78, 5) is 0. The minimum absolute atomic E-state index is 0.178. The average Bonchev–Trinajstić information content (AvgIpc) is 2.40. The quantitative estimate of drug-likeness (QED) is 0.658. The van der Waals surface area contributed by atoms with E-state index in [1.165, 1.54) is 12.1 Å². The molecule has 0 amide bonds. The summed E-state index contributed by atoms with van der Waals surface area (Å²) in [5.74, 6) is 5.72. The summed E-state index contributed by atoms with van der Waals surface area (Å²) >= 11 is 0. The highest BCUT2D eigenvalue weighted by molar-refractivity contribution is 5.27. The van der Waals surface area contributed by atoms with Crippen LogP contribution in [0.1, 0.15) is 30.0 Å². The lowest BCUT2D eigenvalue weighted by Gasteiger charge is -2.30. The summed E-state index contributed by atoms with van der Waals surface area (Å²) in [6.45, 7) is 1.32. The van der Waals surface area contributed by atoms with Gasteiger partial charge in [0.15, 0.2) is 0 Å². The van der Waals surface area contributed by atoms with E-state index in [1.54, 1.807) is 0 Å². The van der Waals surface area contributed by atoms with E-state index < -0.39 is 11.7 Å². The molecule has 6 heteroatoms. The smallest absolute Gasteiger partial charge is 0.381 e. The van der Waals surface area contributed by atoms with Gasteiger partial charge < -0.3 is 4.74 Å². The van der Waals surface area contributed by atoms with E-state index in [1.807, 2.05) is 0 Å². The molecule has 1 saturated heterocycles. The highest BCUT2D eigenvalue weighted by Crippen LogP contribution is 2.32. The first-order valence-electron chi connectivity index (χ1n) is 6.23. The maximum absolute atomic E-state index is 12.5. The first kappa shape index (κ1) is 14.3. The largest absolute Gasteiger partial charge is 0.416 e. The number of ether oxygens (including phenoxy) is 1. The Morgan fingerprint density at radius 2 is 1.95 bits per heavy atom. The van der Waals surface area contributed by atoms with Gasteiger partial charge in [0.1, 0.15) is 0 Å². The normalized spacial score (nSPS) is 22.2. The zero-order valence-corrected chi connectivity index (χ0v) is 10.4. The van der Waals surface area contributed by atoms with Crippen molar-refractivity contribution >= 4 is 0 Å². The number of hydrazine groups is 1.